The predicted molar refractivity (Wildman–Crippen MR) is 85.6 cm³/mol. The van der Waals surface area contributed by atoms with Crippen molar-refractivity contribution < 1.29 is 8.42 Å². The van der Waals surface area contributed by atoms with Gasteiger partial charge in [0.05, 0.1) is 3.79 Å². The first-order valence-corrected chi connectivity index (χ1v) is 9.62. The van der Waals surface area contributed by atoms with Gasteiger partial charge in [-0.2, -0.15) is 0 Å². The molecule has 1 aliphatic heterocycles. The Labute approximate surface area is 132 Å². The summed E-state index contributed by atoms with van der Waals surface area (Å²) < 4.78 is 28.1. The van der Waals surface area contributed by atoms with Crippen LogP contribution >= 0.6 is 27.3 Å². The minimum atomic E-state index is -3.43. The van der Waals surface area contributed by atoms with Gasteiger partial charge < -0.3 is 10.2 Å². The molecule has 1 aromatic rings. The van der Waals surface area contributed by atoms with Crippen molar-refractivity contribution in [3.05, 3.63) is 14.7 Å². The normalized spacial score (nSPS) is 20.6. The largest absolute Gasteiger partial charge is 0.315 e. The van der Waals surface area contributed by atoms with Crippen molar-refractivity contribution in [3.8, 4) is 0 Å². The second kappa shape index (κ2) is 6.85. The number of rotatable bonds is 6. The van der Waals surface area contributed by atoms with Gasteiger partial charge in [0.1, 0.15) is 4.90 Å². The Balaban J connectivity index is 2.02. The Morgan fingerprint density at radius 1 is 1.55 bits per heavy atom. The predicted octanol–water partition coefficient (Wildman–Crippen LogP) is 1.46. The zero-order valence-corrected chi connectivity index (χ0v) is 14.9. The van der Waals surface area contributed by atoms with Crippen molar-refractivity contribution in [1.82, 2.24) is 14.9 Å². The number of nitrogens with zero attached hydrogens (tertiary/aromatic N) is 1. The van der Waals surface area contributed by atoms with Gasteiger partial charge in [0.15, 0.2) is 0 Å². The number of halogens is 1. The maximum absolute atomic E-state index is 12.3. The van der Waals surface area contributed by atoms with Crippen molar-refractivity contribution in [2.45, 2.75) is 17.9 Å². The van der Waals surface area contributed by atoms with Crippen LogP contribution in [0.1, 0.15) is 11.3 Å². The second-order valence-electron chi connectivity index (χ2n) is 5.15. The topological polar surface area (TPSA) is 61.4 Å². The maximum Gasteiger partial charge on any atom is 0.242 e. The summed E-state index contributed by atoms with van der Waals surface area (Å²) in [4.78, 5) is 3.57. The third kappa shape index (κ3) is 4.02. The molecule has 114 valence electrons. The maximum atomic E-state index is 12.3. The lowest BCUT2D eigenvalue weighted by molar-refractivity contribution is 0.394. The molecule has 1 unspecified atom stereocenters. The zero-order valence-electron chi connectivity index (χ0n) is 11.6. The third-order valence-electron chi connectivity index (χ3n) is 3.40. The summed E-state index contributed by atoms with van der Waals surface area (Å²) in [7, 11) is 0.481. The summed E-state index contributed by atoms with van der Waals surface area (Å²) in [6.45, 7) is 3.18. The van der Waals surface area contributed by atoms with Gasteiger partial charge in [0.25, 0.3) is 0 Å². The van der Waals surface area contributed by atoms with Crippen LogP contribution in [-0.4, -0.2) is 47.0 Å². The van der Waals surface area contributed by atoms with Crippen LogP contribution in [0.2, 0.25) is 0 Å². The van der Waals surface area contributed by atoms with Crippen molar-refractivity contribution in [1.29, 1.82) is 0 Å². The molecule has 0 amide bonds. The Morgan fingerprint density at radius 3 is 2.90 bits per heavy atom. The first-order chi connectivity index (χ1) is 9.42. The Hall–Kier alpha value is 0.01000. The molecule has 1 fully saturated rings. The number of sulfonamides is 1. The van der Waals surface area contributed by atoms with Gasteiger partial charge in [-0.25, -0.2) is 13.1 Å². The van der Waals surface area contributed by atoms with Crippen LogP contribution < -0.4 is 10.0 Å². The minimum absolute atomic E-state index is 0.346. The molecular formula is C12H20BrN3O2S2. The lowest BCUT2D eigenvalue weighted by atomic mass is 10.1. The van der Waals surface area contributed by atoms with E-state index < -0.39 is 10.0 Å². The fraction of sp³-hybridized carbons (Fsp3) is 0.667. The second-order valence-corrected chi connectivity index (χ2v) is 9.34. The molecule has 1 atom stereocenters. The SMILES string of the molecule is CNCc1cc(S(=O)(=O)NCC2CCN(C)C2)c(Br)s1. The molecule has 1 aliphatic rings. The van der Waals surface area contributed by atoms with E-state index >= 15 is 0 Å². The molecule has 1 aromatic heterocycles. The summed E-state index contributed by atoms with van der Waals surface area (Å²) in [5.41, 5.74) is 0. The summed E-state index contributed by atoms with van der Waals surface area (Å²) in [6, 6.07) is 1.73. The molecule has 8 heteroatoms. The number of nitrogens with one attached hydrogen (secondary N) is 2. The summed E-state index contributed by atoms with van der Waals surface area (Å²) in [6.07, 6.45) is 1.05. The van der Waals surface area contributed by atoms with Gasteiger partial charge >= 0.3 is 0 Å². The van der Waals surface area contributed by atoms with Crippen LogP contribution in [0.15, 0.2) is 14.7 Å². The monoisotopic (exact) mass is 381 g/mol. The molecule has 0 aromatic carbocycles. The van der Waals surface area contributed by atoms with E-state index in [1.165, 1.54) is 11.3 Å². The Bertz CT molecular complexity index is 559. The fourth-order valence-corrected chi connectivity index (χ4v) is 6.15. The molecule has 1 saturated heterocycles. The number of hydrogen-bond acceptors (Lipinski definition) is 5. The third-order valence-corrected chi connectivity index (χ3v) is 7.07. The highest BCUT2D eigenvalue weighted by Crippen LogP contribution is 2.31. The molecular weight excluding hydrogens is 362 g/mol. The van der Waals surface area contributed by atoms with Gasteiger partial charge in [-0.05, 0) is 55.0 Å². The van der Waals surface area contributed by atoms with Gasteiger partial charge in [0.2, 0.25) is 10.0 Å². The highest BCUT2D eigenvalue weighted by Gasteiger charge is 2.24. The molecule has 2 N–H and O–H groups in total. The summed E-state index contributed by atoms with van der Waals surface area (Å²) >= 11 is 4.80. The van der Waals surface area contributed by atoms with Gasteiger partial charge in [-0.1, -0.05) is 0 Å². The van der Waals surface area contributed by atoms with Gasteiger partial charge in [-0.3, -0.25) is 0 Å². The van der Waals surface area contributed by atoms with E-state index in [-0.39, 0.29) is 0 Å². The first-order valence-electron chi connectivity index (χ1n) is 6.53. The van der Waals surface area contributed by atoms with Crippen molar-refractivity contribution >= 4 is 37.3 Å². The summed E-state index contributed by atoms with van der Waals surface area (Å²) in [5.74, 6) is 0.406. The quantitative estimate of drug-likeness (QED) is 0.782. The van der Waals surface area contributed by atoms with E-state index in [4.69, 9.17) is 0 Å². The van der Waals surface area contributed by atoms with Crippen LogP contribution in [-0.2, 0) is 16.6 Å². The standard InChI is InChI=1S/C12H20BrN3O2S2/c1-14-7-10-5-11(12(13)19-10)20(17,18)15-6-9-3-4-16(2)8-9/h5,9,14-15H,3-4,6-8H2,1-2H3. The average molecular weight is 382 g/mol. The minimum Gasteiger partial charge on any atom is -0.315 e. The Kier molecular flexibility index (Phi) is 5.61. The number of hydrogen-bond donors (Lipinski definition) is 2. The molecule has 2 heterocycles. The van der Waals surface area contributed by atoms with Crippen molar-refractivity contribution in [3.63, 3.8) is 0 Å². The van der Waals surface area contributed by atoms with E-state index in [0.717, 1.165) is 24.4 Å². The van der Waals surface area contributed by atoms with E-state index in [1.54, 1.807) is 6.07 Å². The molecule has 0 radical (unpaired) electrons. The van der Waals surface area contributed by atoms with Gasteiger partial charge in [-0.15, -0.1) is 11.3 Å². The smallest absolute Gasteiger partial charge is 0.242 e. The highest BCUT2D eigenvalue weighted by atomic mass is 79.9. The fourth-order valence-electron chi connectivity index (χ4n) is 2.34. The van der Waals surface area contributed by atoms with Crippen LogP contribution in [0.25, 0.3) is 0 Å². The summed E-state index contributed by atoms with van der Waals surface area (Å²) in [5, 5.41) is 3.03. The molecule has 5 nitrogen and oxygen atoms in total. The van der Waals surface area contributed by atoms with Crippen LogP contribution in [0, 0.1) is 5.92 Å². The highest BCUT2D eigenvalue weighted by molar-refractivity contribution is 9.11. The van der Waals surface area contributed by atoms with E-state index in [9.17, 15) is 8.42 Å². The molecule has 2 rings (SSSR count). The van der Waals surface area contributed by atoms with Crippen molar-refractivity contribution in [2.75, 3.05) is 33.7 Å². The average Bonchev–Trinajstić information content (AvgIpc) is 2.94. The van der Waals surface area contributed by atoms with E-state index in [0.29, 0.717) is 27.7 Å². The van der Waals surface area contributed by atoms with E-state index in [2.05, 4.69) is 37.9 Å². The molecule has 0 aliphatic carbocycles. The lowest BCUT2D eigenvalue weighted by Crippen LogP contribution is -2.30. The van der Waals surface area contributed by atoms with Crippen LogP contribution in [0.5, 0.6) is 0 Å². The van der Waals surface area contributed by atoms with Crippen LogP contribution in [0.4, 0.5) is 0 Å². The number of likely N-dealkylation sites (tertiary alicyclic amines) is 1. The molecule has 0 bridgehead atoms. The molecule has 0 spiro atoms. The molecule has 20 heavy (non-hydrogen) atoms. The van der Waals surface area contributed by atoms with Crippen LogP contribution in [0.3, 0.4) is 0 Å². The molecule has 0 saturated carbocycles. The zero-order chi connectivity index (χ0) is 14.8. The first kappa shape index (κ1) is 16.4. The number of thiophene rings is 1. The van der Waals surface area contributed by atoms with Gasteiger partial charge in [0, 0.05) is 24.5 Å². The lowest BCUT2D eigenvalue weighted by Gasteiger charge is -2.11. The Morgan fingerprint density at radius 2 is 2.30 bits per heavy atom. The van der Waals surface area contributed by atoms with E-state index in [1.807, 2.05) is 7.05 Å². The van der Waals surface area contributed by atoms with Crippen molar-refractivity contribution in [2.24, 2.45) is 5.92 Å².